The highest BCUT2D eigenvalue weighted by Crippen LogP contribution is 2.17. The van der Waals surface area contributed by atoms with E-state index in [2.05, 4.69) is 32.5 Å². The van der Waals surface area contributed by atoms with Crippen molar-refractivity contribution in [3.8, 4) is 5.75 Å². The van der Waals surface area contributed by atoms with E-state index in [1.165, 1.54) is 5.56 Å². The maximum atomic E-state index is 5.70. The summed E-state index contributed by atoms with van der Waals surface area (Å²) in [5.41, 5.74) is 2.18. The molecule has 0 atom stereocenters. The van der Waals surface area contributed by atoms with Gasteiger partial charge in [-0.1, -0.05) is 6.07 Å². The lowest BCUT2D eigenvalue weighted by atomic mass is 10.3. The van der Waals surface area contributed by atoms with E-state index in [0.29, 0.717) is 13.2 Å². The van der Waals surface area contributed by atoms with Crippen LogP contribution in [0.4, 0.5) is 5.69 Å². The molecule has 23 heavy (non-hydrogen) atoms. The van der Waals surface area contributed by atoms with Crippen molar-refractivity contribution < 1.29 is 9.47 Å². The average molecular weight is 333 g/mol. The van der Waals surface area contributed by atoms with E-state index in [4.69, 9.17) is 9.47 Å². The number of thiophene rings is 1. The zero-order valence-electron chi connectivity index (χ0n) is 13.5. The van der Waals surface area contributed by atoms with Crippen LogP contribution in [-0.2, 0) is 11.3 Å². The number of hydrogen-bond donors (Lipinski definition) is 2. The van der Waals surface area contributed by atoms with Crippen LogP contribution in [0.3, 0.4) is 0 Å². The lowest BCUT2D eigenvalue weighted by molar-refractivity contribution is 0.172. The Morgan fingerprint density at radius 3 is 2.91 bits per heavy atom. The molecule has 6 heteroatoms. The van der Waals surface area contributed by atoms with Crippen molar-refractivity contribution in [1.29, 1.82) is 0 Å². The molecule has 1 aromatic carbocycles. The van der Waals surface area contributed by atoms with E-state index in [-0.39, 0.29) is 0 Å². The molecular formula is C17H23N3O2S. The Balaban J connectivity index is 1.85. The molecule has 2 rings (SSSR count). The van der Waals surface area contributed by atoms with Crippen molar-refractivity contribution in [2.24, 2.45) is 4.99 Å². The molecule has 0 bridgehead atoms. The van der Waals surface area contributed by atoms with Gasteiger partial charge in [0.25, 0.3) is 0 Å². The van der Waals surface area contributed by atoms with Gasteiger partial charge in [0, 0.05) is 45.5 Å². The minimum Gasteiger partial charge on any atom is -0.493 e. The van der Waals surface area contributed by atoms with Crippen LogP contribution < -0.4 is 15.4 Å². The quantitative estimate of drug-likeness (QED) is 0.442. The van der Waals surface area contributed by atoms with Gasteiger partial charge >= 0.3 is 0 Å². The minimum atomic E-state index is 0.641. The number of nitrogens with zero attached hydrogens (tertiary/aromatic N) is 1. The molecule has 0 aliphatic rings. The Bertz CT molecular complexity index is 600. The topological polar surface area (TPSA) is 54.9 Å². The molecule has 1 aromatic heterocycles. The Morgan fingerprint density at radius 2 is 2.17 bits per heavy atom. The minimum absolute atomic E-state index is 0.641. The second kappa shape index (κ2) is 9.86. The normalized spacial score (nSPS) is 11.3. The lowest BCUT2D eigenvalue weighted by Crippen LogP contribution is -2.30. The Hall–Kier alpha value is -2.05. The second-order valence-electron chi connectivity index (χ2n) is 4.91. The summed E-state index contributed by atoms with van der Waals surface area (Å²) in [6, 6.07) is 9.95. The summed E-state index contributed by atoms with van der Waals surface area (Å²) in [5.74, 6) is 1.56. The fraction of sp³-hybridized carbons (Fsp3) is 0.353. The molecule has 0 aliphatic heterocycles. The summed E-state index contributed by atoms with van der Waals surface area (Å²) in [7, 11) is 3.45. The van der Waals surface area contributed by atoms with E-state index in [1.54, 1.807) is 25.5 Å². The molecule has 0 saturated carbocycles. The summed E-state index contributed by atoms with van der Waals surface area (Å²) in [6.45, 7) is 2.09. The summed E-state index contributed by atoms with van der Waals surface area (Å²) in [5, 5.41) is 10.7. The molecule has 5 nitrogen and oxygen atoms in total. The van der Waals surface area contributed by atoms with Crippen molar-refractivity contribution in [3.63, 3.8) is 0 Å². The maximum absolute atomic E-state index is 5.70. The number of rotatable bonds is 8. The van der Waals surface area contributed by atoms with Gasteiger partial charge in [-0.25, -0.2) is 0 Å². The van der Waals surface area contributed by atoms with Gasteiger partial charge in [-0.3, -0.25) is 4.99 Å². The van der Waals surface area contributed by atoms with Crippen LogP contribution in [0, 0.1) is 0 Å². The van der Waals surface area contributed by atoms with Gasteiger partial charge in [-0.05, 0) is 34.5 Å². The largest absolute Gasteiger partial charge is 0.493 e. The van der Waals surface area contributed by atoms with Crippen LogP contribution in [0.1, 0.15) is 12.0 Å². The SMILES string of the molecule is CN=C(NCc1ccsc1)Nc1cccc(OCCCOC)c1. The van der Waals surface area contributed by atoms with Crippen LogP contribution in [0.2, 0.25) is 0 Å². The summed E-state index contributed by atoms with van der Waals surface area (Å²) in [6.07, 6.45) is 0.873. The zero-order chi connectivity index (χ0) is 16.3. The number of anilines is 1. The third-order valence-electron chi connectivity index (χ3n) is 3.12. The first-order chi connectivity index (χ1) is 11.3. The van der Waals surface area contributed by atoms with Gasteiger partial charge in [0.15, 0.2) is 5.96 Å². The van der Waals surface area contributed by atoms with Crippen molar-refractivity contribution in [1.82, 2.24) is 5.32 Å². The predicted octanol–water partition coefficient (Wildman–Crippen LogP) is 3.35. The molecule has 2 N–H and O–H groups in total. The van der Waals surface area contributed by atoms with Crippen LogP contribution in [0.25, 0.3) is 0 Å². The van der Waals surface area contributed by atoms with Crippen molar-refractivity contribution in [3.05, 3.63) is 46.7 Å². The number of hydrogen-bond acceptors (Lipinski definition) is 4. The monoisotopic (exact) mass is 333 g/mol. The van der Waals surface area contributed by atoms with Crippen LogP contribution in [0.15, 0.2) is 46.1 Å². The Labute approximate surface area is 141 Å². The van der Waals surface area contributed by atoms with Crippen LogP contribution >= 0.6 is 11.3 Å². The first kappa shape index (κ1) is 17.3. The lowest BCUT2D eigenvalue weighted by Gasteiger charge is -2.13. The molecule has 0 saturated heterocycles. The van der Waals surface area contributed by atoms with E-state index < -0.39 is 0 Å². The smallest absolute Gasteiger partial charge is 0.195 e. The molecular weight excluding hydrogens is 310 g/mol. The molecule has 0 radical (unpaired) electrons. The molecule has 0 unspecified atom stereocenters. The third kappa shape index (κ3) is 6.30. The molecule has 0 fully saturated rings. The number of nitrogens with one attached hydrogen (secondary N) is 2. The first-order valence-corrected chi connectivity index (χ1v) is 8.46. The molecule has 0 spiro atoms. The number of benzene rings is 1. The van der Waals surface area contributed by atoms with E-state index in [1.807, 2.05) is 24.3 Å². The Kier molecular flexibility index (Phi) is 7.42. The first-order valence-electron chi connectivity index (χ1n) is 7.52. The van der Waals surface area contributed by atoms with Crippen LogP contribution in [0.5, 0.6) is 5.75 Å². The van der Waals surface area contributed by atoms with Gasteiger partial charge in [-0.15, -0.1) is 0 Å². The molecule has 124 valence electrons. The standard InChI is InChI=1S/C17H23N3O2S/c1-18-17(19-12-14-7-10-23-13-14)20-15-5-3-6-16(11-15)22-9-4-8-21-2/h3,5-7,10-11,13H,4,8-9,12H2,1-2H3,(H2,18,19,20). The van der Waals surface area contributed by atoms with E-state index in [0.717, 1.165) is 30.4 Å². The Morgan fingerprint density at radius 1 is 1.26 bits per heavy atom. The van der Waals surface area contributed by atoms with E-state index in [9.17, 15) is 0 Å². The van der Waals surface area contributed by atoms with Gasteiger partial charge in [0.2, 0.25) is 0 Å². The molecule has 0 aliphatic carbocycles. The van der Waals surface area contributed by atoms with Gasteiger partial charge in [0.1, 0.15) is 5.75 Å². The number of methoxy groups -OCH3 is 1. The number of aliphatic imine (C=N–C) groups is 1. The average Bonchev–Trinajstić information content (AvgIpc) is 3.09. The number of ether oxygens (including phenoxy) is 2. The molecule has 2 aromatic rings. The summed E-state index contributed by atoms with van der Waals surface area (Å²) in [4.78, 5) is 4.24. The van der Waals surface area contributed by atoms with E-state index >= 15 is 0 Å². The highest BCUT2D eigenvalue weighted by Gasteiger charge is 2.02. The molecule has 0 amide bonds. The van der Waals surface area contributed by atoms with Gasteiger partial charge < -0.3 is 20.1 Å². The van der Waals surface area contributed by atoms with Crippen LogP contribution in [-0.4, -0.2) is 33.3 Å². The third-order valence-corrected chi connectivity index (χ3v) is 3.85. The van der Waals surface area contributed by atoms with Gasteiger partial charge in [0.05, 0.1) is 6.61 Å². The zero-order valence-corrected chi connectivity index (χ0v) is 14.4. The van der Waals surface area contributed by atoms with Gasteiger partial charge in [-0.2, -0.15) is 11.3 Å². The highest BCUT2D eigenvalue weighted by molar-refractivity contribution is 7.07. The maximum Gasteiger partial charge on any atom is 0.195 e. The fourth-order valence-corrected chi connectivity index (χ4v) is 2.62. The molecule has 1 heterocycles. The number of guanidine groups is 1. The van der Waals surface area contributed by atoms with Crippen molar-refractivity contribution in [2.75, 3.05) is 32.7 Å². The fourth-order valence-electron chi connectivity index (χ4n) is 1.95. The summed E-state index contributed by atoms with van der Waals surface area (Å²) < 4.78 is 10.7. The summed E-state index contributed by atoms with van der Waals surface area (Å²) >= 11 is 1.69. The van der Waals surface area contributed by atoms with Crippen molar-refractivity contribution >= 4 is 23.0 Å². The predicted molar refractivity (Wildman–Crippen MR) is 96.6 cm³/mol. The second-order valence-corrected chi connectivity index (χ2v) is 5.69. The van der Waals surface area contributed by atoms with Crippen molar-refractivity contribution in [2.45, 2.75) is 13.0 Å². The highest BCUT2D eigenvalue weighted by atomic mass is 32.1.